The average Bonchev–Trinajstić information content (AvgIpc) is 2.94. The summed E-state index contributed by atoms with van der Waals surface area (Å²) in [6.07, 6.45) is 27.3. The Morgan fingerprint density at radius 1 is 0.400 bits per heavy atom. The van der Waals surface area contributed by atoms with Crippen LogP contribution < -0.4 is 0 Å². The van der Waals surface area contributed by atoms with Gasteiger partial charge in [0.25, 0.3) is 0 Å². The molecule has 8 atom stereocenters. The van der Waals surface area contributed by atoms with E-state index in [-0.39, 0.29) is 12.6 Å². The second-order valence-corrected chi connectivity index (χ2v) is 19.3. The zero-order valence-electron chi connectivity index (χ0n) is 31.6. The molecule has 0 saturated carbocycles. The minimum absolute atomic E-state index is 0.142. The van der Waals surface area contributed by atoms with E-state index in [4.69, 9.17) is 14.2 Å². The summed E-state index contributed by atoms with van der Waals surface area (Å²) in [4.78, 5) is 0. The van der Waals surface area contributed by atoms with Crippen LogP contribution in [0.2, 0.25) is 0 Å². The van der Waals surface area contributed by atoms with Gasteiger partial charge in [0.05, 0.1) is 0 Å². The molecule has 272 valence electrons. The summed E-state index contributed by atoms with van der Waals surface area (Å²) >= 11 is 5.15. The topological polar surface area (TPSA) is 27.7 Å². The molecule has 5 heteroatoms. The van der Waals surface area contributed by atoms with Crippen molar-refractivity contribution in [1.82, 2.24) is 0 Å². The fourth-order valence-corrected chi connectivity index (χ4v) is 8.66. The molecular formula is C40H80I2O3. The first-order chi connectivity index (χ1) is 21.6. The predicted octanol–water partition coefficient (Wildman–Crippen LogP) is 14.5. The highest BCUT2D eigenvalue weighted by atomic mass is 127. The van der Waals surface area contributed by atoms with Crippen LogP contribution in [-0.2, 0) is 14.2 Å². The largest absolute Gasteiger partial charge is 0.353 e. The first-order valence-electron chi connectivity index (χ1n) is 19.7. The van der Waals surface area contributed by atoms with Crippen molar-refractivity contribution in [2.24, 2.45) is 23.7 Å². The van der Waals surface area contributed by atoms with E-state index in [1.54, 1.807) is 0 Å². The maximum absolute atomic E-state index is 6.73. The third-order valence-corrected chi connectivity index (χ3v) is 10.3. The number of alkyl halides is 2. The molecule has 0 bridgehead atoms. The van der Waals surface area contributed by atoms with Gasteiger partial charge in [-0.05, 0) is 87.9 Å². The first-order valence-corrected chi connectivity index (χ1v) is 22.2. The average molecular weight is 863 g/mol. The number of hydrogen-bond acceptors (Lipinski definition) is 3. The van der Waals surface area contributed by atoms with Crippen LogP contribution in [0.3, 0.4) is 0 Å². The van der Waals surface area contributed by atoms with E-state index >= 15 is 0 Å². The molecule has 8 unspecified atom stereocenters. The first kappa shape index (κ1) is 46.3. The molecule has 0 aromatic heterocycles. The minimum Gasteiger partial charge on any atom is -0.353 e. The van der Waals surface area contributed by atoms with Gasteiger partial charge in [-0.1, -0.05) is 178 Å². The Hall–Kier alpha value is 1.34. The van der Waals surface area contributed by atoms with Crippen LogP contribution in [0.15, 0.2) is 0 Å². The summed E-state index contributed by atoms with van der Waals surface area (Å²) in [6, 6.07) is 0. The molecule has 0 N–H and O–H groups in total. The summed E-state index contributed by atoms with van der Waals surface area (Å²) in [5.74, 6) is 3.12. The van der Waals surface area contributed by atoms with Crippen LogP contribution >= 0.6 is 45.2 Å². The third-order valence-electron chi connectivity index (χ3n) is 9.24. The number of rotatable bonds is 34. The van der Waals surface area contributed by atoms with Gasteiger partial charge in [-0.3, -0.25) is 0 Å². The molecule has 0 aromatic carbocycles. The van der Waals surface area contributed by atoms with Gasteiger partial charge in [0.1, 0.15) is 0 Å². The van der Waals surface area contributed by atoms with E-state index in [1.807, 2.05) is 0 Å². The zero-order valence-corrected chi connectivity index (χ0v) is 35.9. The lowest BCUT2D eigenvalue weighted by molar-refractivity contribution is -0.250. The molecule has 0 spiro atoms. The molecule has 0 fully saturated rings. The third kappa shape index (κ3) is 32.3. The molecular weight excluding hydrogens is 782 g/mol. The quantitative estimate of drug-likeness (QED) is 0.0279. The number of hydrogen-bond donors (Lipinski definition) is 0. The van der Waals surface area contributed by atoms with Gasteiger partial charge in [-0.2, -0.15) is 0 Å². The SMILES string of the molecule is CCCCCCCCOC(CCCC(C)CC(C)CC(C)I)OC(CCCC(C)CC(C)CC(C)I)OCCCCCCCC. The zero-order chi connectivity index (χ0) is 33.7. The van der Waals surface area contributed by atoms with Gasteiger partial charge in [-0.25, -0.2) is 0 Å². The Bertz CT molecular complexity index is 552. The summed E-state index contributed by atoms with van der Waals surface area (Å²) in [6.45, 7) is 20.6. The highest BCUT2D eigenvalue weighted by Gasteiger charge is 2.20. The normalized spacial score (nSPS) is 17.5. The summed E-state index contributed by atoms with van der Waals surface area (Å²) in [5.41, 5.74) is 0. The van der Waals surface area contributed by atoms with Crippen molar-refractivity contribution in [3.8, 4) is 0 Å². The van der Waals surface area contributed by atoms with E-state index < -0.39 is 0 Å². The van der Waals surface area contributed by atoms with Crippen LogP contribution in [-0.4, -0.2) is 33.6 Å². The van der Waals surface area contributed by atoms with Gasteiger partial charge in [0, 0.05) is 21.1 Å². The van der Waals surface area contributed by atoms with E-state index in [2.05, 4.69) is 101 Å². The van der Waals surface area contributed by atoms with Crippen molar-refractivity contribution in [1.29, 1.82) is 0 Å². The van der Waals surface area contributed by atoms with Gasteiger partial charge < -0.3 is 14.2 Å². The second-order valence-electron chi connectivity index (χ2n) is 15.1. The molecule has 0 aliphatic rings. The number of unbranched alkanes of at least 4 members (excludes halogenated alkanes) is 10. The van der Waals surface area contributed by atoms with Crippen molar-refractivity contribution < 1.29 is 14.2 Å². The van der Waals surface area contributed by atoms with Gasteiger partial charge in [-0.15, -0.1) is 0 Å². The van der Waals surface area contributed by atoms with Crippen molar-refractivity contribution in [2.75, 3.05) is 13.2 Å². The predicted molar refractivity (Wildman–Crippen MR) is 217 cm³/mol. The number of halogens is 2. The molecule has 0 aliphatic carbocycles. The maximum Gasteiger partial charge on any atom is 0.160 e. The van der Waals surface area contributed by atoms with E-state index in [0.29, 0.717) is 0 Å². The highest BCUT2D eigenvalue weighted by Crippen LogP contribution is 2.26. The Labute approximate surface area is 311 Å². The van der Waals surface area contributed by atoms with Crippen LogP contribution in [0.1, 0.15) is 197 Å². The lowest BCUT2D eigenvalue weighted by Crippen LogP contribution is -2.28. The van der Waals surface area contributed by atoms with Gasteiger partial charge >= 0.3 is 0 Å². The molecule has 0 amide bonds. The molecule has 0 rings (SSSR count). The van der Waals surface area contributed by atoms with Crippen molar-refractivity contribution in [3.63, 3.8) is 0 Å². The second kappa shape index (κ2) is 32.5. The monoisotopic (exact) mass is 862 g/mol. The molecule has 0 heterocycles. The van der Waals surface area contributed by atoms with E-state index in [0.717, 1.165) is 70.4 Å². The molecule has 45 heavy (non-hydrogen) atoms. The fourth-order valence-electron chi connectivity index (χ4n) is 6.92. The van der Waals surface area contributed by atoms with Crippen molar-refractivity contribution in [3.05, 3.63) is 0 Å². The van der Waals surface area contributed by atoms with E-state index in [1.165, 1.54) is 116 Å². The highest BCUT2D eigenvalue weighted by molar-refractivity contribution is 14.1. The van der Waals surface area contributed by atoms with Crippen molar-refractivity contribution >= 4 is 45.2 Å². The van der Waals surface area contributed by atoms with Gasteiger partial charge in [0.15, 0.2) is 12.6 Å². The molecule has 3 nitrogen and oxygen atoms in total. The van der Waals surface area contributed by atoms with Gasteiger partial charge in [0.2, 0.25) is 0 Å². The lowest BCUT2D eigenvalue weighted by atomic mass is 9.90. The number of ether oxygens (including phenoxy) is 3. The molecule has 0 saturated heterocycles. The Morgan fingerprint density at radius 2 is 0.756 bits per heavy atom. The summed E-state index contributed by atoms with van der Waals surface area (Å²) < 4.78 is 21.2. The lowest BCUT2D eigenvalue weighted by Gasteiger charge is -2.27. The Balaban J connectivity index is 5.08. The van der Waals surface area contributed by atoms with Crippen molar-refractivity contribution in [2.45, 2.75) is 217 Å². The summed E-state index contributed by atoms with van der Waals surface area (Å²) in [5, 5.41) is 0. The van der Waals surface area contributed by atoms with Crippen LogP contribution in [0.5, 0.6) is 0 Å². The maximum atomic E-state index is 6.73. The smallest absolute Gasteiger partial charge is 0.160 e. The standard InChI is InChI=1S/C40H80I2O3/c1-9-11-13-15-17-19-27-43-39(25-21-23-33(3)29-35(5)31-37(7)41)45-40(44-28-20-18-16-14-12-10-2)26-22-24-34(4)30-36(6)32-38(8)42/h33-40H,9-32H2,1-8H3. The Kier molecular flexibility index (Phi) is 33.5. The van der Waals surface area contributed by atoms with Crippen LogP contribution in [0.4, 0.5) is 0 Å². The molecule has 0 radical (unpaired) electrons. The molecule has 0 aromatic rings. The molecule has 0 aliphatic heterocycles. The van der Waals surface area contributed by atoms with Crippen LogP contribution in [0.25, 0.3) is 0 Å². The van der Waals surface area contributed by atoms with Crippen LogP contribution in [0, 0.1) is 23.7 Å². The Morgan fingerprint density at radius 3 is 1.11 bits per heavy atom. The fraction of sp³-hybridized carbons (Fsp3) is 1.00. The minimum atomic E-state index is -0.142. The van der Waals surface area contributed by atoms with E-state index in [9.17, 15) is 0 Å². The summed E-state index contributed by atoms with van der Waals surface area (Å²) in [7, 11) is 0.